The molecule has 2 heterocycles. The number of fused-ring (bicyclic) bond motifs is 1. The highest BCUT2D eigenvalue weighted by atomic mass is 16.7. The van der Waals surface area contributed by atoms with Gasteiger partial charge in [0, 0.05) is 24.3 Å². The fourth-order valence-electron chi connectivity index (χ4n) is 5.65. The molecule has 12 nitrogen and oxygen atoms in total. The normalized spacial score (nSPS) is 18.9. The molecule has 0 bridgehead atoms. The van der Waals surface area contributed by atoms with Crippen LogP contribution in [-0.2, 0) is 47.6 Å². The molecule has 0 spiro atoms. The summed E-state index contributed by atoms with van der Waals surface area (Å²) in [5.74, 6) is -0.402. The van der Waals surface area contributed by atoms with Crippen molar-refractivity contribution < 1.29 is 57.1 Å². The maximum absolute atomic E-state index is 12.6. The lowest BCUT2D eigenvalue weighted by Crippen LogP contribution is -2.35. The first-order valence-corrected chi connectivity index (χ1v) is 18.4. The first kappa shape index (κ1) is 41.6. The van der Waals surface area contributed by atoms with Crippen LogP contribution < -0.4 is 9.47 Å². The van der Waals surface area contributed by atoms with E-state index in [1.165, 1.54) is 12.2 Å². The molecule has 2 aromatic rings. The van der Waals surface area contributed by atoms with Crippen LogP contribution >= 0.6 is 0 Å². The Morgan fingerprint density at radius 1 is 0.537 bits per heavy atom. The summed E-state index contributed by atoms with van der Waals surface area (Å²) in [4.78, 5) is 47.2. The van der Waals surface area contributed by atoms with Gasteiger partial charge in [0.1, 0.15) is 23.7 Å². The lowest BCUT2D eigenvalue weighted by atomic mass is 10.1. The summed E-state index contributed by atoms with van der Waals surface area (Å²) in [6, 6.07) is 14.7. The summed E-state index contributed by atoms with van der Waals surface area (Å²) < 4.78 is 44.3. The Morgan fingerprint density at radius 2 is 0.907 bits per heavy atom. The largest absolute Gasteiger partial charge is 0.494 e. The van der Waals surface area contributed by atoms with Crippen LogP contribution in [0.2, 0.25) is 0 Å². The van der Waals surface area contributed by atoms with Gasteiger partial charge in [0.05, 0.1) is 39.6 Å². The van der Waals surface area contributed by atoms with Crippen LogP contribution in [0.3, 0.4) is 0 Å². The molecule has 0 aromatic heterocycles. The Morgan fingerprint density at radius 3 is 1.28 bits per heavy atom. The standard InChI is InChI=1S/C42H50O12/c1-3-37(43)49-27-11-7-5-9-25-47-33-19-13-31(14-20-33)17-23-39(45)53-35-29-51-42-36(30-52-41(35)42)54-40(46)24-18-32-15-21-34(22-16-32)48-26-10-6-8-12-28-50-38(44)4-2/h3-4,13-24,35-36,41-42H,1-2,5-12,25-30H2/t35-,36+,41-,42-/m1/s1. The Kier molecular flexibility index (Phi) is 18.1. The molecule has 2 aromatic carbocycles. The number of unbranched alkanes of at least 4 members (excludes halogenated alkanes) is 6. The average Bonchev–Trinajstić information content (AvgIpc) is 3.78. The molecule has 290 valence electrons. The van der Waals surface area contributed by atoms with Gasteiger partial charge in [0.15, 0.2) is 12.2 Å². The van der Waals surface area contributed by atoms with Gasteiger partial charge in [-0.1, -0.05) is 37.4 Å². The van der Waals surface area contributed by atoms with E-state index in [9.17, 15) is 19.2 Å². The van der Waals surface area contributed by atoms with Gasteiger partial charge in [-0.25, -0.2) is 19.2 Å². The Labute approximate surface area is 316 Å². The van der Waals surface area contributed by atoms with Gasteiger partial charge in [0.25, 0.3) is 0 Å². The minimum absolute atomic E-state index is 0.134. The minimum atomic E-state index is -0.626. The second-order valence-electron chi connectivity index (χ2n) is 12.6. The van der Waals surface area contributed by atoms with Gasteiger partial charge >= 0.3 is 23.9 Å². The number of hydrogen-bond donors (Lipinski definition) is 0. The Bertz CT molecular complexity index is 1450. The minimum Gasteiger partial charge on any atom is -0.494 e. The second kappa shape index (κ2) is 23.5. The molecule has 4 rings (SSSR count). The predicted molar refractivity (Wildman–Crippen MR) is 200 cm³/mol. The number of ether oxygens (including phenoxy) is 8. The van der Waals surface area contributed by atoms with E-state index in [-0.39, 0.29) is 13.2 Å². The van der Waals surface area contributed by atoms with Crippen molar-refractivity contribution in [2.45, 2.75) is 75.8 Å². The van der Waals surface area contributed by atoms with Gasteiger partial charge in [-0.05, 0) is 98.9 Å². The number of carbonyl (C=O) groups is 4. The molecule has 2 fully saturated rings. The van der Waals surface area contributed by atoms with Crippen molar-refractivity contribution >= 4 is 36.0 Å². The molecular formula is C42H50O12. The number of esters is 4. The van der Waals surface area contributed by atoms with E-state index >= 15 is 0 Å². The van der Waals surface area contributed by atoms with E-state index in [1.807, 2.05) is 48.5 Å². The van der Waals surface area contributed by atoms with Gasteiger partial charge in [-0.3, -0.25) is 0 Å². The third kappa shape index (κ3) is 15.0. The summed E-state index contributed by atoms with van der Waals surface area (Å²) in [6.45, 7) is 8.95. The van der Waals surface area contributed by atoms with Crippen LogP contribution in [0.1, 0.15) is 62.5 Å². The molecule has 2 aliphatic rings. The molecule has 0 amide bonds. The van der Waals surface area contributed by atoms with E-state index in [0.29, 0.717) is 26.4 Å². The zero-order valence-corrected chi connectivity index (χ0v) is 30.6. The van der Waals surface area contributed by atoms with Crippen LogP contribution in [0.25, 0.3) is 12.2 Å². The quantitative estimate of drug-likeness (QED) is 0.0510. The highest BCUT2D eigenvalue weighted by molar-refractivity contribution is 5.88. The number of carbonyl (C=O) groups excluding carboxylic acids is 4. The van der Waals surface area contributed by atoms with Gasteiger partial charge in [0.2, 0.25) is 0 Å². The number of benzene rings is 2. The summed E-state index contributed by atoms with van der Waals surface area (Å²) in [5, 5.41) is 0. The molecular weight excluding hydrogens is 696 g/mol. The SMILES string of the molecule is C=CC(=O)OCCCCCCOc1ccc(C=CC(=O)O[C@H]2CO[C@H]3[C@@H]2OC[C@H]3OC(=O)C=Cc2ccc(OCCCCCCOC(=O)C=C)cc2)cc1. The van der Waals surface area contributed by atoms with Crippen LogP contribution in [0.5, 0.6) is 11.5 Å². The topological polar surface area (TPSA) is 142 Å². The first-order chi connectivity index (χ1) is 26.3. The van der Waals surface area contributed by atoms with Crippen molar-refractivity contribution in [1.82, 2.24) is 0 Å². The van der Waals surface area contributed by atoms with E-state index < -0.39 is 48.3 Å². The molecule has 0 saturated carbocycles. The molecule has 0 aliphatic carbocycles. The molecule has 2 aliphatic heterocycles. The molecule has 0 radical (unpaired) electrons. The van der Waals surface area contributed by atoms with Crippen LogP contribution in [-0.4, -0.2) is 87.9 Å². The Hall–Kier alpha value is -5.20. The lowest BCUT2D eigenvalue weighted by molar-refractivity contribution is -0.149. The summed E-state index contributed by atoms with van der Waals surface area (Å²) >= 11 is 0. The van der Waals surface area contributed by atoms with E-state index in [2.05, 4.69) is 13.2 Å². The molecule has 4 atom stereocenters. The monoisotopic (exact) mass is 746 g/mol. The maximum atomic E-state index is 12.6. The van der Waals surface area contributed by atoms with Gasteiger partial charge in [-0.2, -0.15) is 0 Å². The van der Waals surface area contributed by atoms with Gasteiger partial charge < -0.3 is 37.9 Å². The van der Waals surface area contributed by atoms with Gasteiger partial charge in [-0.15, -0.1) is 0 Å². The van der Waals surface area contributed by atoms with Crippen molar-refractivity contribution in [1.29, 1.82) is 0 Å². The molecule has 0 N–H and O–H groups in total. The predicted octanol–water partition coefficient (Wildman–Crippen LogP) is 6.37. The third-order valence-electron chi connectivity index (χ3n) is 8.52. The lowest BCUT2D eigenvalue weighted by Gasteiger charge is -2.16. The van der Waals surface area contributed by atoms with E-state index in [0.717, 1.165) is 86.1 Å². The Balaban J connectivity index is 1.08. The zero-order valence-electron chi connectivity index (χ0n) is 30.6. The molecule has 12 heteroatoms. The van der Waals surface area contributed by atoms with Crippen molar-refractivity contribution in [3.05, 3.63) is 97.1 Å². The summed E-state index contributed by atoms with van der Waals surface area (Å²) in [7, 11) is 0. The smallest absolute Gasteiger partial charge is 0.331 e. The number of rotatable bonds is 24. The van der Waals surface area contributed by atoms with Crippen LogP contribution in [0.15, 0.2) is 86.0 Å². The van der Waals surface area contributed by atoms with Crippen molar-refractivity contribution in [2.75, 3.05) is 39.6 Å². The second-order valence-corrected chi connectivity index (χ2v) is 12.6. The first-order valence-electron chi connectivity index (χ1n) is 18.4. The van der Waals surface area contributed by atoms with Crippen molar-refractivity contribution in [2.24, 2.45) is 0 Å². The molecule has 54 heavy (non-hydrogen) atoms. The van der Waals surface area contributed by atoms with Crippen LogP contribution in [0, 0.1) is 0 Å². The maximum Gasteiger partial charge on any atom is 0.331 e. The summed E-state index contributed by atoms with van der Waals surface area (Å²) in [5.41, 5.74) is 1.61. The fraction of sp³-hybridized carbons (Fsp3) is 0.429. The fourth-order valence-corrected chi connectivity index (χ4v) is 5.65. The summed E-state index contributed by atoms with van der Waals surface area (Å²) in [6.07, 6.45) is 13.2. The molecule has 0 unspecified atom stereocenters. The van der Waals surface area contributed by atoms with E-state index in [1.54, 1.807) is 12.2 Å². The number of hydrogen-bond acceptors (Lipinski definition) is 12. The highest BCUT2D eigenvalue weighted by Gasteiger charge is 2.51. The van der Waals surface area contributed by atoms with Crippen molar-refractivity contribution in [3.63, 3.8) is 0 Å². The average molecular weight is 747 g/mol. The molecule has 2 saturated heterocycles. The third-order valence-corrected chi connectivity index (χ3v) is 8.52. The van der Waals surface area contributed by atoms with Crippen LogP contribution in [0.4, 0.5) is 0 Å². The van der Waals surface area contributed by atoms with E-state index in [4.69, 9.17) is 37.9 Å². The zero-order chi connectivity index (χ0) is 38.4. The highest BCUT2D eigenvalue weighted by Crippen LogP contribution is 2.31. The van der Waals surface area contributed by atoms with Crippen molar-refractivity contribution in [3.8, 4) is 11.5 Å².